The van der Waals surface area contributed by atoms with E-state index in [0.717, 1.165) is 37.3 Å². The zero-order valence-corrected chi connectivity index (χ0v) is 14.4. The molecule has 1 amide bonds. The Morgan fingerprint density at radius 3 is 2.71 bits per heavy atom. The lowest BCUT2D eigenvalue weighted by Gasteiger charge is -2.28. The second-order valence-corrected chi connectivity index (χ2v) is 6.49. The summed E-state index contributed by atoms with van der Waals surface area (Å²) in [5.41, 5.74) is 1.78. The summed E-state index contributed by atoms with van der Waals surface area (Å²) in [7, 11) is 1.90. The number of carbonyl (C=O) groups excluding carboxylic acids is 1. The van der Waals surface area contributed by atoms with Gasteiger partial charge >= 0.3 is 0 Å². The number of likely N-dealkylation sites (tertiary alicyclic amines) is 1. The Bertz CT molecular complexity index is 647. The highest BCUT2D eigenvalue weighted by molar-refractivity contribution is 5.95. The van der Waals surface area contributed by atoms with Crippen molar-refractivity contribution in [1.82, 2.24) is 19.6 Å². The molecule has 1 saturated heterocycles. The van der Waals surface area contributed by atoms with Crippen LogP contribution in [0.4, 0.5) is 0 Å². The number of piperidine rings is 1. The molecule has 0 radical (unpaired) electrons. The monoisotopic (exact) mass is 326 g/mol. The van der Waals surface area contributed by atoms with E-state index in [1.807, 2.05) is 53.2 Å². The van der Waals surface area contributed by atoms with E-state index in [4.69, 9.17) is 0 Å². The number of hydrogen-bond acceptors (Lipinski definition) is 3. The summed E-state index contributed by atoms with van der Waals surface area (Å²) in [5, 5.41) is 4.24. The van der Waals surface area contributed by atoms with Crippen LogP contribution in [0.3, 0.4) is 0 Å². The van der Waals surface area contributed by atoms with Crippen LogP contribution in [0, 0.1) is 0 Å². The number of aromatic nitrogens is 2. The minimum atomic E-state index is 0.0924. The minimum Gasteiger partial charge on any atom is -0.340 e. The van der Waals surface area contributed by atoms with Crippen molar-refractivity contribution in [2.45, 2.75) is 25.8 Å². The van der Waals surface area contributed by atoms with Gasteiger partial charge in [-0.2, -0.15) is 5.10 Å². The molecule has 0 spiro atoms. The molecule has 1 aliphatic heterocycles. The number of benzene rings is 1. The molecule has 1 aromatic carbocycles. The molecule has 5 heteroatoms. The van der Waals surface area contributed by atoms with Crippen molar-refractivity contribution in [2.24, 2.45) is 0 Å². The normalized spacial score (nSPS) is 15.4. The Morgan fingerprint density at radius 2 is 1.96 bits per heavy atom. The van der Waals surface area contributed by atoms with Crippen LogP contribution in [-0.4, -0.2) is 58.7 Å². The second kappa shape index (κ2) is 8.11. The highest BCUT2D eigenvalue weighted by atomic mass is 16.2. The van der Waals surface area contributed by atoms with Crippen LogP contribution in [0.1, 0.15) is 35.2 Å². The van der Waals surface area contributed by atoms with Crippen LogP contribution >= 0.6 is 0 Å². The molecule has 24 heavy (non-hydrogen) atoms. The van der Waals surface area contributed by atoms with Crippen molar-refractivity contribution in [3.63, 3.8) is 0 Å². The Labute approximate surface area is 143 Å². The van der Waals surface area contributed by atoms with E-state index in [9.17, 15) is 4.79 Å². The smallest absolute Gasteiger partial charge is 0.253 e. The molecule has 1 aliphatic rings. The van der Waals surface area contributed by atoms with Gasteiger partial charge in [-0.1, -0.05) is 24.6 Å². The predicted octanol–water partition coefficient (Wildman–Crippen LogP) is 2.49. The van der Waals surface area contributed by atoms with Gasteiger partial charge in [-0.05, 0) is 43.6 Å². The fraction of sp³-hybridized carbons (Fsp3) is 0.474. The van der Waals surface area contributed by atoms with Gasteiger partial charge in [0.1, 0.15) is 0 Å². The van der Waals surface area contributed by atoms with Gasteiger partial charge in [0.2, 0.25) is 0 Å². The Morgan fingerprint density at radius 1 is 1.17 bits per heavy atom. The van der Waals surface area contributed by atoms with Gasteiger partial charge in [0, 0.05) is 38.1 Å². The highest BCUT2D eigenvalue weighted by Crippen LogP contribution is 2.13. The van der Waals surface area contributed by atoms with Gasteiger partial charge in [0.05, 0.1) is 6.54 Å². The maximum absolute atomic E-state index is 12.8. The SMILES string of the molecule is CN(CCN1CCCCC1)C(=O)c1ccccc1Cn1cccn1. The molecule has 0 saturated carbocycles. The Balaban J connectivity index is 1.63. The first kappa shape index (κ1) is 16.7. The van der Waals surface area contributed by atoms with E-state index in [0.29, 0.717) is 6.54 Å². The Hall–Kier alpha value is -2.14. The molecule has 1 aromatic heterocycles. The number of rotatable bonds is 6. The number of amides is 1. The molecule has 3 rings (SSSR count). The van der Waals surface area contributed by atoms with Crippen LogP contribution in [0.25, 0.3) is 0 Å². The van der Waals surface area contributed by atoms with Crippen molar-refractivity contribution < 1.29 is 4.79 Å². The lowest BCUT2D eigenvalue weighted by atomic mass is 10.1. The minimum absolute atomic E-state index is 0.0924. The molecule has 0 bridgehead atoms. The third-order valence-electron chi connectivity index (χ3n) is 4.69. The fourth-order valence-electron chi connectivity index (χ4n) is 3.22. The van der Waals surface area contributed by atoms with Crippen molar-refractivity contribution in [3.8, 4) is 0 Å². The predicted molar refractivity (Wildman–Crippen MR) is 95.0 cm³/mol. The number of hydrogen-bond donors (Lipinski definition) is 0. The van der Waals surface area contributed by atoms with Crippen LogP contribution in [0.2, 0.25) is 0 Å². The topological polar surface area (TPSA) is 41.4 Å². The third-order valence-corrected chi connectivity index (χ3v) is 4.69. The largest absolute Gasteiger partial charge is 0.340 e. The average molecular weight is 326 g/mol. The van der Waals surface area contributed by atoms with Gasteiger partial charge in [0.15, 0.2) is 0 Å². The second-order valence-electron chi connectivity index (χ2n) is 6.49. The first-order valence-electron chi connectivity index (χ1n) is 8.77. The first-order chi connectivity index (χ1) is 11.7. The molecule has 5 nitrogen and oxygen atoms in total. The summed E-state index contributed by atoms with van der Waals surface area (Å²) >= 11 is 0. The fourth-order valence-corrected chi connectivity index (χ4v) is 3.22. The molecule has 128 valence electrons. The number of carbonyl (C=O) groups is 1. The summed E-state index contributed by atoms with van der Waals surface area (Å²) in [5.74, 6) is 0.0924. The standard InChI is InChI=1S/C19H26N4O/c1-21(14-15-22-11-5-2-6-12-22)19(24)18-9-4-3-8-17(18)16-23-13-7-10-20-23/h3-4,7-10,13H,2,5-6,11-12,14-16H2,1H3. The van der Waals surface area contributed by atoms with E-state index < -0.39 is 0 Å². The number of nitrogens with zero attached hydrogens (tertiary/aromatic N) is 4. The van der Waals surface area contributed by atoms with Crippen LogP contribution in [-0.2, 0) is 6.54 Å². The highest BCUT2D eigenvalue weighted by Gasteiger charge is 2.17. The summed E-state index contributed by atoms with van der Waals surface area (Å²) in [6.45, 7) is 4.68. The van der Waals surface area contributed by atoms with E-state index in [-0.39, 0.29) is 5.91 Å². The molecule has 0 atom stereocenters. The van der Waals surface area contributed by atoms with Gasteiger partial charge < -0.3 is 9.80 Å². The van der Waals surface area contributed by atoms with Crippen LogP contribution in [0.15, 0.2) is 42.7 Å². The third kappa shape index (κ3) is 4.23. The van der Waals surface area contributed by atoms with E-state index in [1.165, 1.54) is 19.3 Å². The lowest BCUT2D eigenvalue weighted by Crippen LogP contribution is -2.38. The molecular weight excluding hydrogens is 300 g/mol. The van der Waals surface area contributed by atoms with E-state index in [2.05, 4.69) is 10.00 Å². The molecule has 0 N–H and O–H groups in total. The summed E-state index contributed by atoms with van der Waals surface area (Å²) in [4.78, 5) is 17.1. The first-order valence-corrected chi connectivity index (χ1v) is 8.77. The quantitative estimate of drug-likeness (QED) is 0.819. The van der Waals surface area contributed by atoms with Gasteiger partial charge in [0.25, 0.3) is 5.91 Å². The summed E-state index contributed by atoms with van der Waals surface area (Å²) in [6.07, 6.45) is 7.58. The van der Waals surface area contributed by atoms with E-state index in [1.54, 1.807) is 6.20 Å². The molecule has 0 aliphatic carbocycles. The average Bonchev–Trinajstić information content (AvgIpc) is 3.13. The van der Waals surface area contributed by atoms with E-state index >= 15 is 0 Å². The van der Waals surface area contributed by atoms with Crippen LogP contribution < -0.4 is 0 Å². The van der Waals surface area contributed by atoms with Crippen LogP contribution in [0.5, 0.6) is 0 Å². The molecular formula is C19H26N4O. The maximum atomic E-state index is 12.8. The Kier molecular flexibility index (Phi) is 5.64. The zero-order chi connectivity index (χ0) is 16.8. The summed E-state index contributed by atoms with van der Waals surface area (Å²) < 4.78 is 1.85. The molecule has 2 heterocycles. The number of likely N-dealkylation sites (N-methyl/N-ethyl adjacent to an activating group) is 1. The zero-order valence-electron chi connectivity index (χ0n) is 14.4. The molecule has 0 unspecified atom stereocenters. The van der Waals surface area contributed by atoms with Gasteiger partial charge in [-0.3, -0.25) is 9.48 Å². The molecule has 1 fully saturated rings. The van der Waals surface area contributed by atoms with Gasteiger partial charge in [-0.25, -0.2) is 0 Å². The van der Waals surface area contributed by atoms with Gasteiger partial charge in [-0.15, -0.1) is 0 Å². The van der Waals surface area contributed by atoms with Crippen molar-refractivity contribution in [1.29, 1.82) is 0 Å². The summed E-state index contributed by atoms with van der Waals surface area (Å²) in [6, 6.07) is 9.72. The lowest BCUT2D eigenvalue weighted by molar-refractivity contribution is 0.0771. The maximum Gasteiger partial charge on any atom is 0.253 e. The van der Waals surface area contributed by atoms with Crippen molar-refractivity contribution in [2.75, 3.05) is 33.2 Å². The molecule has 2 aromatic rings. The van der Waals surface area contributed by atoms with Crippen molar-refractivity contribution in [3.05, 3.63) is 53.9 Å². The van der Waals surface area contributed by atoms with Crippen molar-refractivity contribution >= 4 is 5.91 Å².